The van der Waals surface area contributed by atoms with E-state index in [1.807, 2.05) is 12.1 Å². The molecule has 2 aliphatic rings. The van der Waals surface area contributed by atoms with Gasteiger partial charge in [-0.25, -0.2) is 0 Å². The third-order valence-electron chi connectivity index (χ3n) is 6.81. The van der Waals surface area contributed by atoms with E-state index in [0.29, 0.717) is 17.6 Å². The number of hydrogen-bond acceptors (Lipinski definition) is 2. The fraction of sp³-hybridized carbons (Fsp3) is 0.727. The van der Waals surface area contributed by atoms with Gasteiger partial charge in [0, 0.05) is 24.4 Å². The Labute approximate surface area is 147 Å². The van der Waals surface area contributed by atoms with Crippen molar-refractivity contribution < 1.29 is 4.79 Å². The molecule has 1 heterocycles. The summed E-state index contributed by atoms with van der Waals surface area (Å²) in [5, 5.41) is 0. The summed E-state index contributed by atoms with van der Waals surface area (Å²) in [6.45, 7) is 2.41. The number of carbonyl (C=O) groups excluding carboxylic acids is 1. The first kappa shape index (κ1) is 17.6. The number of rotatable bonds is 6. The molecule has 1 aromatic heterocycles. The van der Waals surface area contributed by atoms with E-state index in [4.69, 9.17) is 0 Å². The second-order valence-electron chi connectivity index (χ2n) is 8.39. The molecular formula is C22H33NO. The highest BCUT2D eigenvalue weighted by molar-refractivity contribution is 5.95. The molecule has 0 aromatic carbocycles. The monoisotopic (exact) mass is 327 g/mol. The lowest BCUT2D eigenvalue weighted by Gasteiger charge is -2.46. The molecule has 0 radical (unpaired) electrons. The van der Waals surface area contributed by atoms with Crippen LogP contribution in [0.1, 0.15) is 94.3 Å². The molecule has 2 saturated carbocycles. The molecule has 3 rings (SSSR count). The number of pyridine rings is 1. The maximum Gasteiger partial charge on any atom is 0.162 e. The second-order valence-corrected chi connectivity index (χ2v) is 8.39. The number of carbonyl (C=O) groups is 1. The standard InChI is InChI=1S/C22H33NO/c1-18-7-9-20(10-8-18)22(13-3-2-4-14-22)15-5-6-21(24)19-11-16-23-17-12-19/h11-12,16-18,20H,2-10,13-15H2,1H3. The predicted octanol–water partition coefficient (Wildman–Crippen LogP) is 6.21. The first-order valence-corrected chi connectivity index (χ1v) is 10.1. The lowest BCUT2D eigenvalue weighted by molar-refractivity contribution is 0.0453. The van der Waals surface area contributed by atoms with E-state index in [2.05, 4.69) is 11.9 Å². The molecule has 2 heteroatoms. The van der Waals surface area contributed by atoms with Gasteiger partial charge in [-0.2, -0.15) is 0 Å². The molecule has 2 nitrogen and oxygen atoms in total. The average molecular weight is 328 g/mol. The van der Waals surface area contributed by atoms with Crippen molar-refractivity contribution in [3.63, 3.8) is 0 Å². The van der Waals surface area contributed by atoms with Crippen LogP contribution in [0.15, 0.2) is 24.5 Å². The van der Waals surface area contributed by atoms with Crippen molar-refractivity contribution in [1.29, 1.82) is 0 Å². The van der Waals surface area contributed by atoms with Crippen molar-refractivity contribution >= 4 is 5.78 Å². The van der Waals surface area contributed by atoms with E-state index < -0.39 is 0 Å². The molecule has 0 bridgehead atoms. The molecule has 0 unspecified atom stereocenters. The van der Waals surface area contributed by atoms with Crippen molar-refractivity contribution in [2.75, 3.05) is 0 Å². The van der Waals surface area contributed by atoms with Crippen LogP contribution >= 0.6 is 0 Å². The molecule has 0 atom stereocenters. The summed E-state index contributed by atoms with van der Waals surface area (Å²) in [6, 6.07) is 3.70. The Kier molecular flexibility index (Phi) is 6.08. The molecule has 1 aromatic rings. The number of nitrogens with zero attached hydrogens (tertiary/aromatic N) is 1. The van der Waals surface area contributed by atoms with Crippen LogP contribution in [0.4, 0.5) is 0 Å². The van der Waals surface area contributed by atoms with E-state index in [0.717, 1.165) is 23.8 Å². The van der Waals surface area contributed by atoms with E-state index >= 15 is 0 Å². The summed E-state index contributed by atoms with van der Waals surface area (Å²) in [5.41, 5.74) is 1.38. The lowest BCUT2D eigenvalue weighted by atomic mass is 9.59. The van der Waals surface area contributed by atoms with Crippen LogP contribution in [0.5, 0.6) is 0 Å². The predicted molar refractivity (Wildman–Crippen MR) is 99.1 cm³/mol. The van der Waals surface area contributed by atoms with Crippen LogP contribution in [-0.4, -0.2) is 10.8 Å². The zero-order valence-electron chi connectivity index (χ0n) is 15.3. The Balaban J connectivity index is 1.57. The molecule has 132 valence electrons. The van der Waals surface area contributed by atoms with Gasteiger partial charge in [-0.3, -0.25) is 9.78 Å². The van der Waals surface area contributed by atoms with Gasteiger partial charge in [-0.1, -0.05) is 39.0 Å². The minimum Gasteiger partial charge on any atom is -0.294 e. The molecule has 2 fully saturated rings. The van der Waals surface area contributed by atoms with Gasteiger partial charge in [-0.15, -0.1) is 0 Å². The Hall–Kier alpha value is -1.18. The van der Waals surface area contributed by atoms with Crippen LogP contribution in [-0.2, 0) is 0 Å². The summed E-state index contributed by atoms with van der Waals surface area (Å²) in [6.07, 6.45) is 19.2. The maximum atomic E-state index is 12.4. The average Bonchev–Trinajstić information content (AvgIpc) is 2.63. The lowest BCUT2D eigenvalue weighted by Crippen LogP contribution is -2.35. The number of aromatic nitrogens is 1. The highest BCUT2D eigenvalue weighted by Crippen LogP contribution is 2.52. The van der Waals surface area contributed by atoms with E-state index in [1.165, 1.54) is 64.2 Å². The Morgan fingerprint density at radius 1 is 1.08 bits per heavy atom. The number of hydrogen-bond donors (Lipinski definition) is 0. The molecule has 24 heavy (non-hydrogen) atoms. The number of ketones is 1. The van der Waals surface area contributed by atoms with E-state index in [1.54, 1.807) is 12.4 Å². The largest absolute Gasteiger partial charge is 0.294 e. The highest BCUT2D eigenvalue weighted by Gasteiger charge is 2.40. The Bertz CT molecular complexity index is 510. The van der Waals surface area contributed by atoms with E-state index in [-0.39, 0.29) is 0 Å². The van der Waals surface area contributed by atoms with Crippen molar-refractivity contribution in [1.82, 2.24) is 4.98 Å². The fourth-order valence-electron chi connectivity index (χ4n) is 5.27. The summed E-state index contributed by atoms with van der Waals surface area (Å²) in [7, 11) is 0. The van der Waals surface area contributed by atoms with Gasteiger partial charge in [0.2, 0.25) is 0 Å². The highest BCUT2D eigenvalue weighted by atomic mass is 16.1. The van der Waals surface area contributed by atoms with Crippen LogP contribution in [0.2, 0.25) is 0 Å². The minimum absolute atomic E-state index is 0.292. The van der Waals surface area contributed by atoms with Crippen molar-refractivity contribution in [3.05, 3.63) is 30.1 Å². The van der Waals surface area contributed by atoms with E-state index in [9.17, 15) is 4.79 Å². The van der Waals surface area contributed by atoms with Gasteiger partial charge in [0.05, 0.1) is 0 Å². The SMILES string of the molecule is CC1CCC(C2(CCCC(=O)c3ccncc3)CCCCC2)CC1. The first-order valence-electron chi connectivity index (χ1n) is 10.1. The maximum absolute atomic E-state index is 12.4. The Morgan fingerprint density at radius 2 is 1.75 bits per heavy atom. The fourth-order valence-corrected chi connectivity index (χ4v) is 5.27. The van der Waals surface area contributed by atoms with Gasteiger partial charge in [-0.05, 0) is 67.9 Å². The normalized spacial score (nSPS) is 26.9. The van der Waals surface area contributed by atoms with Gasteiger partial charge in [0.1, 0.15) is 0 Å². The zero-order valence-corrected chi connectivity index (χ0v) is 15.3. The topological polar surface area (TPSA) is 30.0 Å². The summed E-state index contributed by atoms with van der Waals surface area (Å²) < 4.78 is 0. The molecule has 0 saturated heterocycles. The quantitative estimate of drug-likeness (QED) is 0.581. The van der Waals surface area contributed by atoms with Crippen LogP contribution in [0, 0.1) is 17.3 Å². The summed E-state index contributed by atoms with van der Waals surface area (Å²) in [4.78, 5) is 16.4. The molecule has 0 aliphatic heterocycles. The van der Waals surface area contributed by atoms with Crippen LogP contribution in [0.3, 0.4) is 0 Å². The van der Waals surface area contributed by atoms with Gasteiger partial charge >= 0.3 is 0 Å². The third-order valence-corrected chi connectivity index (χ3v) is 6.81. The second kappa shape index (κ2) is 8.27. The molecule has 2 aliphatic carbocycles. The van der Waals surface area contributed by atoms with Gasteiger partial charge < -0.3 is 0 Å². The van der Waals surface area contributed by atoms with Crippen molar-refractivity contribution in [3.8, 4) is 0 Å². The summed E-state index contributed by atoms with van der Waals surface area (Å²) >= 11 is 0. The van der Waals surface area contributed by atoms with Crippen LogP contribution < -0.4 is 0 Å². The summed E-state index contributed by atoms with van der Waals surface area (Å²) in [5.74, 6) is 2.14. The van der Waals surface area contributed by atoms with Gasteiger partial charge in [0.15, 0.2) is 5.78 Å². The molecule has 0 amide bonds. The molecular weight excluding hydrogens is 294 g/mol. The number of Topliss-reactive ketones (excluding diaryl/α,β-unsaturated/α-hetero) is 1. The van der Waals surface area contributed by atoms with Crippen molar-refractivity contribution in [2.24, 2.45) is 17.3 Å². The Morgan fingerprint density at radius 3 is 2.42 bits per heavy atom. The molecule has 0 spiro atoms. The van der Waals surface area contributed by atoms with Gasteiger partial charge in [0.25, 0.3) is 0 Å². The van der Waals surface area contributed by atoms with Crippen LogP contribution in [0.25, 0.3) is 0 Å². The zero-order chi connectivity index (χ0) is 16.8. The third kappa shape index (κ3) is 4.26. The first-order chi connectivity index (χ1) is 11.7. The smallest absolute Gasteiger partial charge is 0.162 e. The molecule has 0 N–H and O–H groups in total. The minimum atomic E-state index is 0.292. The van der Waals surface area contributed by atoms with Crippen molar-refractivity contribution in [2.45, 2.75) is 84.0 Å².